The Hall–Kier alpha value is -1.56. The minimum absolute atomic E-state index is 0.0433. The molecule has 0 heterocycles. The number of benzene rings is 1. The van der Waals surface area contributed by atoms with Crippen LogP contribution in [-0.4, -0.2) is 43.4 Å². The van der Waals surface area contributed by atoms with Gasteiger partial charge in [0, 0.05) is 12.2 Å². The number of carbonyl (C=O) groups is 2. The zero-order chi connectivity index (χ0) is 19.1. The van der Waals surface area contributed by atoms with Gasteiger partial charge in [0.15, 0.2) is 13.1 Å². The number of halogens is 2. The van der Waals surface area contributed by atoms with E-state index in [1.807, 2.05) is 18.9 Å². The van der Waals surface area contributed by atoms with Gasteiger partial charge in [0.2, 0.25) is 0 Å². The maximum atomic E-state index is 12.6. The van der Waals surface area contributed by atoms with Crippen molar-refractivity contribution in [2.45, 2.75) is 32.6 Å². The molecule has 0 spiro atoms. The first-order valence-electron chi connectivity index (χ1n) is 8.97. The maximum Gasteiger partial charge on any atom is 0.281 e. The number of rotatable bonds is 7. The van der Waals surface area contributed by atoms with Crippen LogP contribution in [0.3, 0.4) is 0 Å². The molecular formula is C19H26Cl2N3O2+. The lowest BCUT2D eigenvalue weighted by Crippen LogP contribution is -3.11. The summed E-state index contributed by atoms with van der Waals surface area (Å²) < 4.78 is 0. The Balaban J connectivity index is 1.90. The molecule has 1 unspecified atom stereocenters. The molecule has 2 amide bonds. The van der Waals surface area contributed by atoms with Gasteiger partial charge in [-0.3, -0.25) is 9.59 Å². The zero-order valence-corrected chi connectivity index (χ0v) is 16.8. The average molecular weight is 399 g/mol. The van der Waals surface area contributed by atoms with Gasteiger partial charge in [0.25, 0.3) is 11.8 Å². The average Bonchev–Trinajstić information content (AvgIpc) is 2.59. The third kappa shape index (κ3) is 5.73. The van der Waals surface area contributed by atoms with E-state index < -0.39 is 0 Å². The summed E-state index contributed by atoms with van der Waals surface area (Å²) in [7, 11) is 1.83. The van der Waals surface area contributed by atoms with Gasteiger partial charge in [-0.25, -0.2) is 0 Å². The van der Waals surface area contributed by atoms with Crippen LogP contribution in [0.1, 0.15) is 32.6 Å². The molecule has 1 atom stereocenters. The van der Waals surface area contributed by atoms with E-state index in [1.54, 1.807) is 18.2 Å². The van der Waals surface area contributed by atoms with E-state index in [9.17, 15) is 9.59 Å². The number of nitrogens with one attached hydrogen (secondary N) is 2. The highest BCUT2D eigenvalue weighted by Gasteiger charge is 2.22. The van der Waals surface area contributed by atoms with Gasteiger partial charge in [0.05, 0.1) is 22.8 Å². The summed E-state index contributed by atoms with van der Waals surface area (Å²) >= 11 is 12.1. The van der Waals surface area contributed by atoms with Crippen molar-refractivity contribution < 1.29 is 14.5 Å². The van der Waals surface area contributed by atoms with E-state index in [-0.39, 0.29) is 24.9 Å². The van der Waals surface area contributed by atoms with E-state index in [0.717, 1.165) is 29.9 Å². The maximum absolute atomic E-state index is 12.6. The SMILES string of the molecule is CCN(C(=O)C[NH+](C)CC(=O)Nc1c(Cl)cccc1Cl)C1=CCCCC1. The predicted molar refractivity (Wildman–Crippen MR) is 106 cm³/mol. The third-order valence-electron chi connectivity index (χ3n) is 4.37. The van der Waals surface area contributed by atoms with Crippen LogP contribution in [0.5, 0.6) is 0 Å². The van der Waals surface area contributed by atoms with Crippen molar-refractivity contribution in [1.29, 1.82) is 0 Å². The first-order valence-corrected chi connectivity index (χ1v) is 9.72. The van der Waals surface area contributed by atoms with Gasteiger partial charge >= 0.3 is 0 Å². The molecule has 0 saturated heterocycles. The van der Waals surface area contributed by atoms with Gasteiger partial charge in [-0.05, 0) is 44.7 Å². The highest BCUT2D eigenvalue weighted by atomic mass is 35.5. The fraction of sp³-hybridized carbons (Fsp3) is 0.474. The summed E-state index contributed by atoms with van der Waals surface area (Å²) in [5.41, 5.74) is 1.52. The second-order valence-corrected chi connectivity index (χ2v) is 7.35. The van der Waals surface area contributed by atoms with Gasteiger partial charge in [-0.1, -0.05) is 35.3 Å². The molecule has 0 saturated carbocycles. The summed E-state index contributed by atoms with van der Waals surface area (Å²) in [5.74, 6) is -0.188. The smallest absolute Gasteiger partial charge is 0.281 e. The zero-order valence-electron chi connectivity index (χ0n) is 15.3. The molecule has 0 aromatic heterocycles. The summed E-state index contributed by atoms with van der Waals surface area (Å²) in [6, 6.07) is 5.05. The molecule has 1 aromatic carbocycles. The number of quaternary nitrogens is 1. The minimum Gasteiger partial charge on any atom is -0.322 e. The van der Waals surface area contributed by atoms with Crippen molar-refractivity contribution in [3.05, 3.63) is 40.0 Å². The van der Waals surface area contributed by atoms with Crippen LogP contribution in [0.25, 0.3) is 0 Å². The highest BCUT2D eigenvalue weighted by Crippen LogP contribution is 2.29. The lowest BCUT2D eigenvalue weighted by Gasteiger charge is -2.27. The summed E-state index contributed by atoms with van der Waals surface area (Å²) in [6.07, 6.45) is 6.45. The molecule has 1 aliphatic carbocycles. The summed E-state index contributed by atoms with van der Waals surface area (Å²) in [6.45, 7) is 3.05. The fourth-order valence-electron chi connectivity index (χ4n) is 3.10. The molecule has 2 rings (SSSR count). The number of hydrogen-bond donors (Lipinski definition) is 2. The number of hydrogen-bond acceptors (Lipinski definition) is 2. The first-order chi connectivity index (χ1) is 12.4. The monoisotopic (exact) mass is 398 g/mol. The van der Waals surface area contributed by atoms with Crippen LogP contribution in [-0.2, 0) is 9.59 Å². The molecule has 0 bridgehead atoms. The Morgan fingerprint density at radius 1 is 1.19 bits per heavy atom. The van der Waals surface area contributed by atoms with Crippen LogP contribution in [0.4, 0.5) is 5.69 Å². The lowest BCUT2D eigenvalue weighted by molar-refractivity contribution is -0.862. The van der Waals surface area contributed by atoms with Crippen molar-refractivity contribution in [3.63, 3.8) is 0 Å². The molecule has 7 heteroatoms. The van der Waals surface area contributed by atoms with Crippen molar-refractivity contribution >= 4 is 40.7 Å². The number of para-hydroxylation sites is 1. The lowest BCUT2D eigenvalue weighted by atomic mass is 10.0. The van der Waals surface area contributed by atoms with E-state index >= 15 is 0 Å². The molecule has 142 valence electrons. The van der Waals surface area contributed by atoms with E-state index in [1.165, 1.54) is 6.42 Å². The standard InChI is InChI=1S/C19H25Cl2N3O2/c1-3-24(14-8-5-4-6-9-14)18(26)13-23(2)12-17(25)22-19-15(20)10-7-11-16(19)21/h7-8,10-11H,3-6,9,12-13H2,1-2H3,(H,22,25)/p+1. The van der Waals surface area contributed by atoms with Crippen LogP contribution in [0.15, 0.2) is 30.0 Å². The van der Waals surface area contributed by atoms with E-state index in [4.69, 9.17) is 23.2 Å². The second-order valence-electron chi connectivity index (χ2n) is 6.53. The number of likely N-dealkylation sites (N-methyl/N-ethyl adjacent to an activating group) is 2. The number of nitrogens with zero attached hydrogens (tertiary/aromatic N) is 1. The molecule has 1 aliphatic rings. The van der Waals surface area contributed by atoms with Crippen LogP contribution < -0.4 is 10.2 Å². The molecule has 5 nitrogen and oxygen atoms in total. The fourth-order valence-corrected chi connectivity index (χ4v) is 3.59. The van der Waals surface area contributed by atoms with E-state index in [2.05, 4.69) is 11.4 Å². The molecule has 26 heavy (non-hydrogen) atoms. The van der Waals surface area contributed by atoms with E-state index in [0.29, 0.717) is 22.3 Å². The normalized spacial score (nSPS) is 15.2. The van der Waals surface area contributed by atoms with Crippen LogP contribution in [0, 0.1) is 0 Å². The predicted octanol–water partition coefficient (Wildman–Crippen LogP) is 2.75. The van der Waals surface area contributed by atoms with Gasteiger partial charge in [-0.15, -0.1) is 0 Å². The Morgan fingerprint density at radius 2 is 1.88 bits per heavy atom. The third-order valence-corrected chi connectivity index (χ3v) is 5.00. The second kappa shape index (κ2) is 9.95. The van der Waals surface area contributed by atoms with Crippen LogP contribution >= 0.6 is 23.2 Å². The Bertz CT molecular complexity index is 671. The van der Waals surface area contributed by atoms with Gasteiger partial charge in [-0.2, -0.15) is 0 Å². The minimum atomic E-state index is -0.231. The van der Waals surface area contributed by atoms with Crippen molar-refractivity contribution in [2.24, 2.45) is 0 Å². The molecule has 1 aromatic rings. The van der Waals surface area contributed by atoms with Crippen molar-refractivity contribution in [1.82, 2.24) is 4.90 Å². The number of allylic oxidation sites excluding steroid dienone is 2. The molecule has 0 radical (unpaired) electrons. The number of anilines is 1. The largest absolute Gasteiger partial charge is 0.322 e. The first kappa shape index (κ1) is 20.7. The van der Waals surface area contributed by atoms with Crippen molar-refractivity contribution in [2.75, 3.05) is 32.0 Å². The number of amides is 2. The highest BCUT2D eigenvalue weighted by molar-refractivity contribution is 6.39. The molecule has 0 fully saturated rings. The summed E-state index contributed by atoms with van der Waals surface area (Å²) in [5, 5.41) is 3.51. The molecule has 2 N–H and O–H groups in total. The Morgan fingerprint density at radius 3 is 2.46 bits per heavy atom. The number of carbonyl (C=O) groups excluding carboxylic acids is 2. The summed E-state index contributed by atoms with van der Waals surface area (Å²) in [4.78, 5) is 27.5. The van der Waals surface area contributed by atoms with Crippen molar-refractivity contribution in [3.8, 4) is 0 Å². The van der Waals surface area contributed by atoms with Crippen LogP contribution in [0.2, 0.25) is 10.0 Å². The Kier molecular flexibility index (Phi) is 7.94. The van der Waals surface area contributed by atoms with Gasteiger partial charge < -0.3 is 15.1 Å². The topological polar surface area (TPSA) is 53.9 Å². The molecular weight excluding hydrogens is 373 g/mol. The quantitative estimate of drug-likeness (QED) is 0.741. The molecule has 0 aliphatic heterocycles. The van der Waals surface area contributed by atoms with Gasteiger partial charge in [0.1, 0.15) is 0 Å². The Labute approximate surface area is 164 Å².